The molecule has 146 valence electrons. The average molecular weight is 380 g/mol. The average Bonchev–Trinajstić information content (AvgIpc) is 2.73. The molecule has 6 heteroatoms. The minimum Gasteiger partial charge on any atom is -0.481 e. The lowest BCUT2D eigenvalue weighted by atomic mass is 9.93. The van der Waals surface area contributed by atoms with E-state index in [1.54, 1.807) is 53.4 Å². The number of hydrogen-bond acceptors (Lipinski definition) is 3. The Morgan fingerprint density at radius 3 is 2.39 bits per heavy atom. The third-order valence-corrected chi connectivity index (χ3v) is 5.00. The normalized spacial score (nSPS) is 16.4. The number of anilines is 1. The van der Waals surface area contributed by atoms with E-state index >= 15 is 0 Å². The van der Waals surface area contributed by atoms with Gasteiger partial charge in [0.15, 0.2) is 0 Å². The van der Waals surface area contributed by atoms with Crippen molar-refractivity contribution in [3.8, 4) is 0 Å². The molecule has 2 amide bonds. The SMILES string of the molecule is O=C(O)CCC1CCCN(C(=O)c2ccc(NC(=O)c3ccccc3)cc2)C1. The first-order chi connectivity index (χ1) is 13.5. The summed E-state index contributed by atoms with van der Waals surface area (Å²) >= 11 is 0. The summed E-state index contributed by atoms with van der Waals surface area (Å²) in [5.74, 6) is -0.812. The van der Waals surface area contributed by atoms with Crippen LogP contribution in [0.1, 0.15) is 46.4 Å². The molecule has 2 aromatic carbocycles. The summed E-state index contributed by atoms with van der Waals surface area (Å²) in [5.41, 5.74) is 1.77. The number of carboxylic acids is 1. The van der Waals surface area contributed by atoms with Crippen LogP contribution < -0.4 is 5.32 Å². The molecule has 6 nitrogen and oxygen atoms in total. The molecule has 2 aromatic rings. The first kappa shape index (κ1) is 19.6. The van der Waals surface area contributed by atoms with Gasteiger partial charge in [-0.15, -0.1) is 0 Å². The van der Waals surface area contributed by atoms with Crippen LogP contribution in [0.25, 0.3) is 0 Å². The van der Waals surface area contributed by atoms with E-state index in [0.29, 0.717) is 36.3 Å². The van der Waals surface area contributed by atoms with E-state index in [2.05, 4.69) is 5.32 Å². The Balaban J connectivity index is 1.58. The molecular weight excluding hydrogens is 356 g/mol. The first-order valence-electron chi connectivity index (χ1n) is 9.50. The van der Waals surface area contributed by atoms with E-state index in [4.69, 9.17) is 5.11 Å². The van der Waals surface area contributed by atoms with E-state index in [0.717, 1.165) is 12.8 Å². The van der Waals surface area contributed by atoms with E-state index in [1.165, 1.54) is 0 Å². The number of carbonyl (C=O) groups is 3. The van der Waals surface area contributed by atoms with Gasteiger partial charge in [-0.2, -0.15) is 0 Å². The predicted octanol–water partition coefficient (Wildman–Crippen LogP) is 3.66. The van der Waals surface area contributed by atoms with Crippen LogP contribution in [0.4, 0.5) is 5.69 Å². The molecule has 1 unspecified atom stereocenters. The Morgan fingerprint density at radius 1 is 1.00 bits per heavy atom. The van der Waals surface area contributed by atoms with Crippen LogP contribution in [0.3, 0.4) is 0 Å². The van der Waals surface area contributed by atoms with Gasteiger partial charge in [-0.3, -0.25) is 14.4 Å². The third kappa shape index (κ3) is 5.19. The van der Waals surface area contributed by atoms with Crippen molar-refractivity contribution < 1.29 is 19.5 Å². The van der Waals surface area contributed by atoms with Gasteiger partial charge in [0, 0.05) is 36.3 Å². The number of aliphatic carboxylic acids is 1. The van der Waals surface area contributed by atoms with Crippen molar-refractivity contribution in [2.24, 2.45) is 5.92 Å². The molecule has 3 rings (SSSR count). The van der Waals surface area contributed by atoms with Crippen LogP contribution in [0.2, 0.25) is 0 Å². The highest BCUT2D eigenvalue weighted by molar-refractivity contribution is 6.04. The first-order valence-corrected chi connectivity index (χ1v) is 9.50. The van der Waals surface area contributed by atoms with E-state index < -0.39 is 5.97 Å². The van der Waals surface area contributed by atoms with Gasteiger partial charge in [-0.05, 0) is 61.6 Å². The fourth-order valence-electron chi connectivity index (χ4n) is 3.48. The van der Waals surface area contributed by atoms with Gasteiger partial charge in [-0.25, -0.2) is 0 Å². The molecule has 0 bridgehead atoms. The van der Waals surface area contributed by atoms with Gasteiger partial charge in [-0.1, -0.05) is 18.2 Å². The Hall–Kier alpha value is -3.15. The standard InChI is InChI=1S/C22H24N2O4/c25-20(26)13-8-16-5-4-14-24(15-16)22(28)18-9-11-19(12-10-18)23-21(27)17-6-2-1-3-7-17/h1-3,6-7,9-12,16H,4-5,8,13-15H2,(H,23,27)(H,25,26). The summed E-state index contributed by atoms with van der Waals surface area (Å²) in [7, 11) is 0. The van der Waals surface area contributed by atoms with Crippen LogP contribution in [0.5, 0.6) is 0 Å². The van der Waals surface area contributed by atoms with Crippen molar-refractivity contribution in [1.82, 2.24) is 4.90 Å². The van der Waals surface area contributed by atoms with Crippen LogP contribution >= 0.6 is 0 Å². The van der Waals surface area contributed by atoms with E-state index in [9.17, 15) is 14.4 Å². The fraction of sp³-hybridized carbons (Fsp3) is 0.318. The highest BCUT2D eigenvalue weighted by atomic mass is 16.4. The number of hydrogen-bond donors (Lipinski definition) is 2. The molecule has 0 aromatic heterocycles. The second-order valence-corrected chi connectivity index (χ2v) is 7.09. The van der Waals surface area contributed by atoms with Gasteiger partial charge in [0.1, 0.15) is 0 Å². The largest absolute Gasteiger partial charge is 0.481 e. The molecule has 0 saturated carbocycles. The van der Waals surface area contributed by atoms with E-state index in [-0.39, 0.29) is 24.2 Å². The number of carbonyl (C=O) groups excluding carboxylic acids is 2. The Bertz CT molecular complexity index is 833. The van der Waals surface area contributed by atoms with Crippen molar-refractivity contribution in [2.75, 3.05) is 18.4 Å². The zero-order valence-corrected chi connectivity index (χ0v) is 15.6. The minimum absolute atomic E-state index is 0.0547. The zero-order chi connectivity index (χ0) is 19.9. The second kappa shape index (κ2) is 9.17. The molecule has 1 heterocycles. The number of rotatable bonds is 6. The number of amides is 2. The molecule has 1 fully saturated rings. The number of likely N-dealkylation sites (tertiary alicyclic amines) is 1. The summed E-state index contributed by atoms with van der Waals surface area (Å²) in [5, 5.41) is 11.7. The molecular formula is C22H24N2O4. The molecule has 1 aliphatic rings. The van der Waals surface area contributed by atoms with Crippen molar-refractivity contribution >= 4 is 23.5 Å². The van der Waals surface area contributed by atoms with Crippen molar-refractivity contribution in [1.29, 1.82) is 0 Å². The maximum absolute atomic E-state index is 12.8. The smallest absolute Gasteiger partial charge is 0.303 e. The third-order valence-electron chi connectivity index (χ3n) is 5.00. The number of nitrogens with zero attached hydrogens (tertiary/aromatic N) is 1. The number of carboxylic acid groups (broad SMARTS) is 1. The quantitative estimate of drug-likeness (QED) is 0.801. The minimum atomic E-state index is -0.795. The molecule has 1 aliphatic heterocycles. The lowest BCUT2D eigenvalue weighted by Gasteiger charge is -2.32. The molecule has 0 radical (unpaired) electrons. The monoisotopic (exact) mass is 380 g/mol. The van der Waals surface area contributed by atoms with Crippen LogP contribution in [-0.4, -0.2) is 40.9 Å². The lowest BCUT2D eigenvalue weighted by molar-refractivity contribution is -0.137. The van der Waals surface area contributed by atoms with Crippen LogP contribution in [0.15, 0.2) is 54.6 Å². The topological polar surface area (TPSA) is 86.7 Å². The second-order valence-electron chi connectivity index (χ2n) is 7.09. The summed E-state index contributed by atoms with van der Waals surface area (Å²) in [6.07, 6.45) is 2.59. The fourth-order valence-corrected chi connectivity index (χ4v) is 3.48. The maximum atomic E-state index is 12.8. The highest BCUT2D eigenvalue weighted by Gasteiger charge is 2.24. The van der Waals surface area contributed by atoms with Crippen molar-refractivity contribution in [2.45, 2.75) is 25.7 Å². The van der Waals surface area contributed by atoms with Crippen LogP contribution in [0, 0.1) is 5.92 Å². The summed E-state index contributed by atoms with van der Waals surface area (Å²) in [6, 6.07) is 15.8. The lowest BCUT2D eigenvalue weighted by Crippen LogP contribution is -2.40. The van der Waals surface area contributed by atoms with Gasteiger partial charge >= 0.3 is 5.97 Å². The van der Waals surface area contributed by atoms with Gasteiger partial charge in [0.05, 0.1) is 0 Å². The zero-order valence-electron chi connectivity index (χ0n) is 15.6. The van der Waals surface area contributed by atoms with Gasteiger partial charge < -0.3 is 15.3 Å². The number of benzene rings is 2. The van der Waals surface area contributed by atoms with Crippen LogP contribution in [-0.2, 0) is 4.79 Å². The molecule has 0 spiro atoms. The highest BCUT2D eigenvalue weighted by Crippen LogP contribution is 2.23. The van der Waals surface area contributed by atoms with E-state index in [1.807, 2.05) is 6.07 Å². The number of piperidine rings is 1. The van der Waals surface area contributed by atoms with Crippen molar-refractivity contribution in [3.05, 3.63) is 65.7 Å². The summed E-state index contributed by atoms with van der Waals surface area (Å²) in [6.45, 7) is 1.29. The van der Waals surface area contributed by atoms with Crippen molar-refractivity contribution in [3.63, 3.8) is 0 Å². The predicted molar refractivity (Wildman–Crippen MR) is 106 cm³/mol. The summed E-state index contributed by atoms with van der Waals surface area (Å²) < 4.78 is 0. The Kier molecular flexibility index (Phi) is 6.42. The molecule has 2 N–H and O–H groups in total. The summed E-state index contributed by atoms with van der Waals surface area (Å²) in [4.78, 5) is 37.5. The molecule has 0 aliphatic carbocycles. The maximum Gasteiger partial charge on any atom is 0.303 e. The Morgan fingerprint density at radius 2 is 1.71 bits per heavy atom. The molecule has 28 heavy (non-hydrogen) atoms. The van der Waals surface area contributed by atoms with Gasteiger partial charge in [0.2, 0.25) is 0 Å². The molecule has 1 saturated heterocycles. The Labute approximate surface area is 164 Å². The molecule has 1 atom stereocenters. The number of nitrogens with one attached hydrogen (secondary N) is 1. The van der Waals surface area contributed by atoms with Gasteiger partial charge in [0.25, 0.3) is 11.8 Å².